The number of rotatable bonds is 5. The standard InChI is InChI=1S/C10H20N2O2/c1-5-8(13)7(4)12-10(14)9(11)6(2)3/h6-7,9H,5,11H2,1-4H3,(H,12,14)/t7-,9-/m0/s1. The lowest BCUT2D eigenvalue weighted by molar-refractivity contribution is -0.128. The fourth-order valence-corrected chi connectivity index (χ4v) is 0.999. The Labute approximate surface area is 85.2 Å². The van der Waals surface area contributed by atoms with Crippen molar-refractivity contribution in [1.29, 1.82) is 0 Å². The number of hydrogen-bond donors (Lipinski definition) is 2. The summed E-state index contributed by atoms with van der Waals surface area (Å²) in [6.07, 6.45) is 0.429. The largest absolute Gasteiger partial charge is 0.345 e. The van der Waals surface area contributed by atoms with Crippen LogP contribution in [0.4, 0.5) is 0 Å². The second kappa shape index (κ2) is 5.75. The Bertz CT molecular complexity index is 214. The summed E-state index contributed by atoms with van der Waals surface area (Å²) in [6.45, 7) is 7.19. The van der Waals surface area contributed by atoms with Crippen molar-refractivity contribution in [2.75, 3.05) is 0 Å². The van der Waals surface area contributed by atoms with Crippen LogP contribution in [0.3, 0.4) is 0 Å². The van der Waals surface area contributed by atoms with Crippen molar-refractivity contribution in [3.8, 4) is 0 Å². The van der Waals surface area contributed by atoms with Gasteiger partial charge >= 0.3 is 0 Å². The second-order valence-corrected chi connectivity index (χ2v) is 3.82. The van der Waals surface area contributed by atoms with Gasteiger partial charge in [0.15, 0.2) is 5.78 Å². The molecule has 0 aliphatic carbocycles. The summed E-state index contributed by atoms with van der Waals surface area (Å²) in [5.41, 5.74) is 5.63. The quantitative estimate of drug-likeness (QED) is 0.677. The van der Waals surface area contributed by atoms with E-state index in [0.29, 0.717) is 6.42 Å². The van der Waals surface area contributed by atoms with E-state index in [1.54, 1.807) is 13.8 Å². The third-order valence-electron chi connectivity index (χ3n) is 2.21. The van der Waals surface area contributed by atoms with Crippen LogP contribution in [0.25, 0.3) is 0 Å². The fraction of sp³-hybridized carbons (Fsp3) is 0.800. The van der Waals surface area contributed by atoms with Crippen LogP contribution in [0.15, 0.2) is 0 Å². The zero-order valence-electron chi connectivity index (χ0n) is 9.33. The molecule has 4 heteroatoms. The smallest absolute Gasteiger partial charge is 0.237 e. The minimum Gasteiger partial charge on any atom is -0.345 e. The number of carbonyl (C=O) groups excluding carboxylic acids is 2. The topological polar surface area (TPSA) is 72.2 Å². The van der Waals surface area contributed by atoms with E-state index in [1.165, 1.54) is 0 Å². The molecule has 0 saturated carbocycles. The van der Waals surface area contributed by atoms with Gasteiger partial charge in [-0.3, -0.25) is 9.59 Å². The van der Waals surface area contributed by atoms with E-state index in [0.717, 1.165) is 0 Å². The molecule has 0 aliphatic heterocycles. The predicted molar refractivity (Wildman–Crippen MR) is 55.7 cm³/mol. The average Bonchev–Trinajstić information content (AvgIpc) is 2.14. The summed E-state index contributed by atoms with van der Waals surface area (Å²) in [5, 5.41) is 2.60. The maximum atomic E-state index is 11.4. The van der Waals surface area contributed by atoms with Gasteiger partial charge in [0.05, 0.1) is 12.1 Å². The van der Waals surface area contributed by atoms with Crippen molar-refractivity contribution in [1.82, 2.24) is 5.32 Å². The summed E-state index contributed by atoms with van der Waals surface area (Å²) in [6, 6.07) is -0.973. The highest BCUT2D eigenvalue weighted by Crippen LogP contribution is 1.99. The highest BCUT2D eigenvalue weighted by atomic mass is 16.2. The Balaban J connectivity index is 4.12. The van der Waals surface area contributed by atoms with E-state index in [1.807, 2.05) is 13.8 Å². The Morgan fingerprint density at radius 3 is 2.14 bits per heavy atom. The number of Topliss-reactive ketones (excluding diaryl/α,β-unsaturated/α-hetero) is 1. The Morgan fingerprint density at radius 2 is 1.79 bits per heavy atom. The van der Waals surface area contributed by atoms with Crippen LogP contribution in [0.5, 0.6) is 0 Å². The van der Waals surface area contributed by atoms with E-state index in [2.05, 4.69) is 5.32 Å². The molecule has 14 heavy (non-hydrogen) atoms. The first-order valence-corrected chi connectivity index (χ1v) is 4.98. The molecule has 0 unspecified atom stereocenters. The Morgan fingerprint density at radius 1 is 1.29 bits per heavy atom. The van der Waals surface area contributed by atoms with Gasteiger partial charge in [-0.05, 0) is 12.8 Å². The summed E-state index contributed by atoms with van der Waals surface area (Å²) < 4.78 is 0. The van der Waals surface area contributed by atoms with Gasteiger partial charge in [0.2, 0.25) is 5.91 Å². The Kier molecular flexibility index (Phi) is 5.38. The number of nitrogens with two attached hydrogens (primary N) is 1. The van der Waals surface area contributed by atoms with Gasteiger partial charge in [-0.25, -0.2) is 0 Å². The summed E-state index contributed by atoms with van der Waals surface area (Å²) in [4.78, 5) is 22.6. The van der Waals surface area contributed by atoms with Crippen molar-refractivity contribution in [3.63, 3.8) is 0 Å². The third-order valence-corrected chi connectivity index (χ3v) is 2.21. The van der Waals surface area contributed by atoms with E-state index in [4.69, 9.17) is 5.73 Å². The molecule has 0 spiro atoms. The molecule has 1 amide bonds. The van der Waals surface area contributed by atoms with E-state index in [9.17, 15) is 9.59 Å². The maximum Gasteiger partial charge on any atom is 0.237 e. The molecule has 4 nitrogen and oxygen atoms in total. The molecule has 0 aromatic carbocycles. The molecule has 0 saturated heterocycles. The lowest BCUT2D eigenvalue weighted by Crippen LogP contribution is -2.49. The van der Waals surface area contributed by atoms with Crippen LogP contribution in [0, 0.1) is 5.92 Å². The SMILES string of the molecule is CCC(=O)[C@H](C)NC(=O)[C@@H](N)C(C)C. The molecule has 2 atom stereocenters. The van der Waals surface area contributed by atoms with Crippen LogP contribution in [0.2, 0.25) is 0 Å². The minimum absolute atomic E-state index is 0.0225. The monoisotopic (exact) mass is 200 g/mol. The van der Waals surface area contributed by atoms with Gasteiger partial charge in [0, 0.05) is 6.42 Å². The molecule has 3 N–H and O–H groups in total. The fourth-order valence-electron chi connectivity index (χ4n) is 0.999. The lowest BCUT2D eigenvalue weighted by atomic mass is 10.0. The van der Waals surface area contributed by atoms with Crippen molar-refractivity contribution < 1.29 is 9.59 Å². The van der Waals surface area contributed by atoms with Crippen molar-refractivity contribution in [3.05, 3.63) is 0 Å². The van der Waals surface area contributed by atoms with E-state index < -0.39 is 12.1 Å². The molecule has 0 rings (SSSR count). The van der Waals surface area contributed by atoms with Gasteiger partial charge in [-0.1, -0.05) is 20.8 Å². The van der Waals surface area contributed by atoms with Crippen molar-refractivity contribution in [2.24, 2.45) is 11.7 Å². The van der Waals surface area contributed by atoms with Gasteiger partial charge < -0.3 is 11.1 Å². The van der Waals surface area contributed by atoms with Crippen LogP contribution in [0.1, 0.15) is 34.1 Å². The number of nitrogens with one attached hydrogen (secondary N) is 1. The van der Waals surface area contributed by atoms with Crippen LogP contribution in [-0.4, -0.2) is 23.8 Å². The van der Waals surface area contributed by atoms with Crippen LogP contribution in [-0.2, 0) is 9.59 Å². The van der Waals surface area contributed by atoms with Crippen molar-refractivity contribution >= 4 is 11.7 Å². The predicted octanol–water partition coefficient (Wildman–Crippen LogP) is 0.454. The number of ketones is 1. The van der Waals surface area contributed by atoms with Crippen LogP contribution >= 0.6 is 0 Å². The molecule has 0 fully saturated rings. The zero-order chi connectivity index (χ0) is 11.3. The van der Waals surface area contributed by atoms with Gasteiger partial charge in [0.1, 0.15) is 0 Å². The molecule has 0 bridgehead atoms. The molecule has 0 aromatic heterocycles. The molecular formula is C10H20N2O2. The summed E-state index contributed by atoms with van der Waals surface area (Å²) in [7, 11) is 0. The normalized spacial score (nSPS) is 15.0. The van der Waals surface area contributed by atoms with Crippen LogP contribution < -0.4 is 11.1 Å². The molecule has 0 aromatic rings. The number of hydrogen-bond acceptors (Lipinski definition) is 3. The molecule has 0 heterocycles. The first kappa shape index (κ1) is 13.1. The van der Waals surface area contributed by atoms with E-state index in [-0.39, 0.29) is 17.6 Å². The van der Waals surface area contributed by atoms with Crippen molar-refractivity contribution in [2.45, 2.75) is 46.2 Å². The summed E-state index contributed by atoms with van der Waals surface area (Å²) in [5.74, 6) is -0.150. The first-order valence-electron chi connectivity index (χ1n) is 4.98. The average molecular weight is 200 g/mol. The van der Waals surface area contributed by atoms with Gasteiger partial charge in [-0.15, -0.1) is 0 Å². The molecule has 0 radical (unpaired) electrons. The van der Waals surface area contributed by atoms with Gasteiger partial charge in [0.25, 0.3) is 0 Å². The maximum absolute atomic E-state index is 11.4. The highest BCUT2D eigenvalue weighted by molar-refractivity contribution is 5.90. The highest BCUT2D eigenvalue weighted by Gasteiger charge is 2.20. The zero-order valence-corrected chi connectivity index (χ0v) is 9.33. The lowest BCUT2D eigenvalue weighted by Gasteiger charge is -2.18. The minimum atomic E-state index is -0.540. The third kappa shape index (κ3) is 3.87. The molecule has 0 aliphatic rings. The molecule has 82 valence electrons. The second-order valence-electron chi connectivity index (χ2n) is 3.82. The summed E-state index contributed by atoms with van der Waals surface area (Å²) >= 11 is 0. The first-order chi connectivity index (χ1) is 6.40. The number of amides is 1. The van der Waals surface area contributed by atoms with E-state index >= 15 is 0 Å². The molecular weight excluding hydrogens is 180 g/mol. The number of carbonyl (C=O) groups is 2. The Hall–Kier alpha value is -0.900. The van der Waals surface area contributed by atoms with Gasteiger partial charge in [-0.2, -0.15) is 0 Å².